The lowest BCUT2D eigenvalue weighted by Crippen LogP contribution is -2.32. The number of hydrogen-bond acceptors (Lipinski definition) is 4. The molecule has 100 valence electrons. The predicted molar refractivity (Wildman–Crippen MR) is 77.9 cm³/mol. The predicted octanol–water partition coefficient (Wildman–Crippen LogP) is 2.44. The molecule has 1 aliphatic rings. The van der Waals surface area contributed by atoms with E-state index in [9.17, 15) is 0 Å². The molecule has 2 rings (SSSR count). The van der Waals surface area contributed by atoms with Crippen LogP contribution in [-0.2, 0) is 18.6 Å². The maximum absolute atomic E-state index is 4.68. The summed E-state index contributed by atoms with van der Waals surface area (Å²) < 4.78 is 0. The molecule has 0 aromatic carbocycles. The molecule has 0 aliphatic heterocycles. The molecule has 1 unspecified atom stereocenters. The van der Waals surface area contributed by atoms with Gasteiger partial charge in [-0.25, -0.2) is 9.97 Å². The Hall–Kier alpha value is -0.610. The highest BCUT2D eigenvalue weighted by Gasteiger charge is 2.20. The summed E-state index contributed by atoms with van der Waals surface area (Å²) >= 11 is 1.78. The van der Waals surface area contributed by atoms with E-state index < -0.39 is 0 Å². The van der Waals surface area contributed by atoms with Gasteiger partial charge in [0.1, 0.15) is 5.82 Å². The number of aromatic nitrogens is 2. The molecule has 18 heavy (non-hydrogen) atoms. The van der Waals surface area contributed by atoms with E-state index in [4.69, 9.17) is 0 Å². The second-order valence-corrected chi connectivity index (χ2v) is 6.23. The molecular formula is C14H23N3S. The zero-order valence-corrected chi connectivity index (χ0v) is 12.4. The standard InChI is InChI=1S/C14H23N3S/c1-10(2)15-7-11-4-5-13-12(6-11)8-16-14(17-13)9-18-3/h8,10-11,15H,4-7,9H2,1-3H3. The molecule has 0 saturated heterocycles. The molecule has 1 atom stereocenters. The van der Waals surface area contributed by atoms with Crippen LogP contribution in [0.5, 0.6) is 0 Å². The Morgan fingerprint density at radius 1 is 1.50 bits per heavy atom. The summed E-state index contributed by atoms with van der Waals surface area (Å²) in [5.74, 6) is 2.65. The Labute approximate surface area is 114 Å². The molecule has 0 saturated carbocycles. The van der Waals surface area contributed by atoms with Crippen molar-refractivity contribution < 1.29 is 0 Å². The number of thioether (sulfide) groups is 1. The van der Waals surface area contributed by atoms with Crippen LogP contribution >= 0.6 is 11.8 Å². The number of fused-ring (bicyclic) bond motifs is 1. The summed E-state index contributed by atoms with van der Waals surface area (Å²) in [6.45, 7) is 5.52. The molecule has 1 aliphatic carbocycles. The van der Waals surface area contributed by atoms with Crippen LogP contribution in [0.2, 0.25) is 0 Å². The minimum absolute atomic E-state index is 0.576. The second kappa shape index (κ2) is 6.53. The molecule has 1 aromatic rings. The van der Waals surface area contributed by atoms with Gasteiger partial charge in [-0.3, -0.25) is 0 Å². The molecule has 1 N–H and O–H groups in total. The van der Waals surface area contributed by atoms with E-state index in [-0.39, 0.29) is 0 Å². The van der Waals surface area contributed by atoms with Crippen molar-refractivity contribution in [2.75, 3.05) is 12.8 Å². The topological polar surface area (TPSA) is 37.8 Å². The Bertz CT molecular complexity index is 393. The maximum atomic E-state index is 4.68. The number of rotatable bonds is 5. The molecule has 0 radical (unpaired) electrons. The normalized spacial score (nSPS) is 19.0. The lowest BCUT2D eigenvalue weighted by atomic mass is 9.87. The van der Waals surface area contributed by atoms with Gasteiger partial charge in [-0.05, 0) is 43.5 Å². The summed E-state index contributed by atoms with van der Waals surface area (Å²) in [7, 11) is 0. The summed E-state index contributed by atoms with van der Waals surface area (Å²) in [5.41, 5.74) is 2.65. The SMILES string of the molecule is CSCc1ncc2c(n1)CCC(CNC(C)C)C2. The van der Waals surface area contributed by atoms with E-state index in [1.54, 1.807) is 11.8 Å². The summed E-state index contributed by atoms with van der Waals surface area (Å²) in [6, 6.07) is 0.576. The molecule has 4 heteroatoms. The zero-order valence-electron chi connectivity index (χ0n) is 11.6. The van der Waals surface area contributed by atoms with Crippen molar-refractivity contribution in [2.45, 2.75) is 44.9 Å². The smallest absolute Gasteiger partial charge is 0.138 e. The zero-order chi connectivity index (χ0) is 13.0. The van der Waals surface area contributed by atoms with Crippen LogP contribution in [0.1, 0.15) is 37.4 Å². The number of aryl methyl sites for hydroxylation is 1. The van der Waals surface area contributed by atoms with E-state index >= 15 is 0 Å². The Kier molecular flexibility index (Phi) is 5.01. The van der Waals surface area contributed by atoms with E-state index in [1.807, 2.05) is 0 Å². The van der Waals surface area contributed by atoms with Crippen molar-refractivity contribution >= 4 is 11.8 Å². The van der Waals surface area contributed by atoms with E-state index in [1.165, 1.54) is 17.7 Å². The molecule has 0 amide bonds. The van der Waals surface area contributed by atoms with Gasteiger partial charge in [-0.2, -0.15) is 11.8 Å². The van der Waals surface area contributed by atoms with Crippen LogP contribution in [-0.4, -0.2) is 28.8 Å². The van der Waals surface area contributed by atoms with Crippen molar-refractivity contribution in [1.82, 2.24) is 15.3 Å². The van der Waals surface area contributed by atoms with Gasteiger partial charge in [0.2, 0.25) is 0 Å². The van der Waals surface area contributed by atoms with Gasteiger partial charge in [-0.1, -0.05) is 13.8 Å². The summed E-state index contributed by atoms with van der Waals surface area (Å²) in [5, 5.41) is 3.53. The third kappa shape index (κ3) is 3.69. The van der Waals surface area contributed by atoms with Crippen molar-refractivity contribution in [1.29, 1.82) is 0 Å². The van der Waals surface area contributed by atoms with Crippen molar-refractivity contribution in [2.24, 2.45) is 5.92 Å². The minimum atomic E-state index is 0.576. The highest BCUT2D eigenvalue weighted by atomic mass is 32.2. The van der Waals surface area contributed by atoms with Crippen LogP contribution < -0.4 is 5.32 Å². The molecule has 3 nitrogen and oxygen atoms in total. The van der Waals surface area contributed by atoms with E-state index in [0.717, 1.165) is 36.9 Å². The number of nitrogens with zero attached hydrogens (tertiary/aromatic N) is 2. The van der Waals surface area contributed by atoms with Crippen molar-refractivity contribution in [3.8, 4) is 0 Å². The first kappa shape index (κ1) is 13.8. The van der Waals surface area contributed by atoms with Gasteiger partial charge < -0.3 is 5.32 Å². The van der Waals surface area contributed by atoms with Crippen molar-refractivity contribution in [3.05, 3.63) is 23.3 Å². The van der Waals surface area contributed by atoms with Gasteiger partial charge in [0.05, 0.1) is 5.75 Å². The number of nitrogens with one attached hydrogen (secondary N) is 1. The first-order valence-corrected chi connectivity index (χ1v) is 8.14. The highest BCUT2D eigenvalue weighted by molar-refractivity contribution is 7.97. The monoisotopic (exact) mass is 265 g/mol. The van der Waals surface area contributed by atoms with Gasteiger partial charge >= 0.3 is 0 Å². The van der Waals surface area contributed by atoms with Gasteiger partial charge in [0.25, 0.3) is 0 Å². The van der Waals surface area contributed by atoms with Crippen LogP contribution in [0.15, 0.2) is 6.20 Å². The highest BCUT2D eigenvalue weighted by Crippen LogP contribution is 2.23. The van der Waals surface area contributed by atoms with Crippen LogP contribution in [0.3, 0.4) is 0 Å². The number of hydrogen-bond donors (Lipinski definition) is 1. The lowest BCUT2D eigenvalue weighted by molar-refractivity contribution is 0.402. The van der Waals surface area contributed by atoms with Crippen molar-refractivity contribution in [3.63, 3.8) is 0 Å². The largest absolute Gasteiger partial charge is 0.314 e. The average molecular weight is 265 g/mol. The summed E-state index contributed by atoms with van der Waals surface area (Å²) in [6.07, 6.45) is 7.65. The van der Waals surface area contributed by atoms with Crippen LogP contribution in [0.4, 0.5) is 0 Å². The Morgan fingerprint density at radius 3 is 3.06 bits per heavy atom. The third-order valence-electron chi connectivity index (χ3n) is 3.39. The third-order valence-corrected chi connectivity index (χ3v) is 3.94. The van der Waals surface area contributed by atoms with Crippen LogP contribution in [0.25, 0.3) is 0 Å². The quantitative estimate of drug-likeness (QED) is 0.887. The van der Waals surface area contributed by atoms with E-state index in [2.05, 4.69) is 41.6 Å². The maximum Gasteiger partial charge on any atom is 0.138 e. The first-order valence-electron chi connectivity index (χ1n) is 6.75. The Balaban J connectivity index is 1.97. The van der Waals surface area contributed by atoms with Gasteiger partial charge in [0.15, 0.2) is 0 Å². The lowest BCUT2D eigenvalue weighted by Gasteiger charge is -2.25. The molecule has 1 aromatic heterocycles. The second-order valence-electron chi connectivity index (χ2n) is 5.36. The fourth-order valence-corrected chi connectivity index (χ4v) is 2.80. The van der Waals surface area contributed by atoms with Gasteiger partial charge in [-0.15, -0.1) is 0 Å². The molecular weight excluding hydrogens is 242 g/mol. The first-order chi connectivity index (χ1) is 8.69. The molecule has 0 spiro atoms. The Morgan fingerprint density at radius 2 is 2.33 bits per heavy atom. The van der Waals surface area contributed by atoms with Crippen LogP contribution in [0, 0.1) is 5.92 Å². The minimum Gasteiger partial charge on any atom is -0.314 e. The summed E-state index contributed by atoms with van der Waals surface area (Å²) in [4.78, 5) is 9.14. The molecule has 0 fully saturated rings. The van der Waals surface area contributed by atoms with Gasteiger partial charge in [0, 0.05) is 17.9 Å². The van der Waals surface area contributed by atoms with E-state index in [0.29, 0.717) is 6.04 Å². The fraction of sp³-hybridized carbons (Fsp3) is 0.714. The molecule has 1 heterocycles. The molecule has 0 bridgehead atoms. The average Bonchev–Trinajstić information content (AvgIpc) is 2.36. The fourth-order valence-electron chi connectivity index (χ4n) is 2.40.